The third-order valence-corrected chi connectivity index (χ3v) is 40.1. The van der Waals surface area contributed by atoms with Crippen molar-refractivity contribution in [1.29, 1.82) is 0 Å². The van der Waals surface area contributed by atoms with E-state index in [0.717, 1.165) is 7.35 Å². The molecule has 0 aromatic heterocycles. The molecule has 4 unspecified atom stereocenters. The number of hydrogen-bond donors (Lipinski definition) is 0. The third kappa shape index (κ3) is 5.21. The molecular weight excluding hydrogens is 898 g/mol. The topological polar surface area (TPSA) is 0 Å². The molecule has 8 aromatic rings. The van der Waals surface area contributed by atoms with Gasteiger partial charge in [0.05, 0.1) is 0 Å². The second-order valence-corrected chi connectivity index (χ2v) is 33.8. The van der Waals surface area contributed by atoms with Gasteiger partial charge in [-0.3, -0.25) is 0 Å². The Labute approximate surface area is 352 Å². The molecule has 1 saturated carbocycles. The Morgan fingerprint density at radius 2 is 0.772 bits per heavy atom. The SMILES string of the molecule is CC1=Cc2c(-c3c4ccccc4cc4ccccc34)cccc2[CH]1[Hf]1([CH]2C(C)=Cc3c(-c4c5ccccc5cc5ccccc45)cccc32)[CH]2CCCC[CH]21.Cl.Cl. The van der Waals surface area contributed by atoms with Crippen molar-refractivity contribution in [2.75, 3.05) is 0 Å². The fourth-order valence-corrected chi connectivity index (χ4v) is 48.2. The third-order valence-electron chi connectivity index (χ3n) is 14.6. The molecule has 0 spiro atoms. The monoisotopic (exact) mass is 944 g/mol. The zero-order chi connectivity index (χ0) is 36.4. The first-order valence-corrected chi connectivity index (χ1v) is 28.9. The van der Waals surface area contributed by atoms with Crippen LogP contribution in [0, 0.1) is 0 Å². The van der Waals surface area contributed by atoms with Gasteiger partial charge in [-0.25, -0.2) is 0 Å². The van der Waals surface area contributed by atoms with E-state index in [1.807, 2.05) is 0 Å². The Kier molecular flexibility index (Phi) is 9.06. The number of halogens is 2. The van der Waals surface area contributed by atoms with Crippen LogP contribution in [0.4, 0.5) is 0 Å². The number of hydrogen-bond acceptors (Lipinski definition) is 0. The fraction of sp³-hybridized carbons (Fsp3) is 0.185. The van der Waals surface area contributed by atoms with E-state index in [-0.39, 0.29) is 24.8 Å². The molecule has 0 nitrogen and oxygen atoms in total. The summed E-state index contributed by atoms with van der Waals surface area (Å²) in [5.41, 5.74) is 15.3. The van der Waals surface area contributed by atoms with Gasteiger partial charge in [0.15, 0.2) is 0 Å². The zero-order valence-corrected chi connectivity index (χ0v) is 37.7. The molecule has 8 aromatic carbocycles. The normalized spacial score (nSPS) is 23.0. The Bertz CT molecular complexity index is 2690. The molecule has 0 bridgehead atoms. The number of allylic oxidation sites excluding steroid dienone is 2. The van der Waals surface area contributed by atoms with Crippen molar-refractivity contribution < 1.29 is 20.0 Å². The summed E-state index contributed by atoms with van der Waals surface area (Å²) in [7, 11) is 0. The summed E-state index contributed by atoms with van der Waals surface area (Å²) in [6.45, 7) is 5.05. The fourth-order valence-electron chi connectivity index (χ4n) is 12.7. The Balaban J connectivity index is 0.00000198. The van der Waals surface area contributed by atoms with E-state index in [4.69, 9.17) is 0 Å². The van der Waals surface area contributed by atoms with Gasteiger partial charge in [0.25, 0.3) is 0 Å². The molecule has 2 fully saturated rings. The van der Waals surface area contributed by atoms with Crippen LogP contribution >= 0.6 is 24.8 Å². The summed E-state index contributed by atoms with van der Waals surface area (Å²) in [4.78, 5) is 0. The predicted octanol–water partition coefficient (Wildman–Crippen LogP) is 16.4. The minimum absolute atomic E-state index is 0. The maximum absolute atomic E-state index is 3.32. The molecule has 3 aliphatic carbocycles. The second kappa shape index (κ2) is 13.9. The summed E-state index contributed by atoms with van der Waals surface area (Å²) < 4.78 is 3.17. The van der Waals surface area contributed by atoms with Crippen LogP contribution in [0.15, 0.2) is 157 Å². The van der Waals surface area contributed by atoms with Crippen molar-refractivity contribution in [3.63, 3.8) is 0 Å². The maximum Gasteiger partial charge on any atom is -0.147 e. The molecule has 1 heterocycles. The van der Waals surface area contributed by atoms with Crippen molar-refractivity contribution in [2.45, 2.75) is 54.2 Å². The zero-order valence-electron chi connectivity index (χ0n) is 32.5. The number of fused-ring (bicyclic) bond motifs is 7. The first-order valence-electron chi connectivity index (χ1n) is 20.6. The van der Waals surface area contributed by atoms with E-state index in [2.05, 4.69) is 172 Å². The van der Waals surface area contributed by atoms with Crippen molar-refractivity contribution in [3.8, 4) is 22.3 Å². The van der Waals surface area contributed by atoms with Gasteiger partial charge < -0.3 is 0 Å². The van der Waals surface area contributed by atoms with Crippen LogP contribution in [0.2, 0.25) is 7.35 Å². The van der Waals surface area contributed by atoms with E-state index in [1.165, 1.54) is 102 Å². The van der Waals surface area contributed by atoms with E-state index >= 15 is 0 Å². The van der Waals surface area contributed by atoms with E-state index in [9.17, 15) is 0 Å². The molecule has 57 heavy (non-hydrogen) atoms. The summed E-state index contributed by atoms with van der Waals surface area (Å²) in [5.74, 6) is 0. The summed E-state index contributed by atoms with van der Waals surface area (Å²) >= 11 is -3.32. The molecule has 3 heteroatoms. The average molecular weight is 944 g/mol. The smallest absolute Gasteiger partial charge is 0.147 e. The van der Waals surface area contributed by atoms with Crippen LogP contribution in [0.5, 0.6) is 0 Å². The van der Waals surface area contributed by atoms with Crippen LogP contribution < -0.4 is 0 Å². The Morgan fingerprint density at radius 1 is 0.421 bits per heavy atom. The molecule has 4 atom stereocenters. The summed E-state index contributed by atoms with van der Waals surface area (Å²) in [5, 5.41) is 10.7. The van der Waals surface area contributed by atoms with Gasteiger partial charge in [-0.05, 0) is 0 Å². The molecule has 1 saturated heterocycles. The van der Waals surface area contributed by atoms with E-state index < -0.39 is 20.0 Å². The van der Waals surface area contributed by atoms with Gasteiger partial charge >= 0.3 is 331 Å². The quantitative estimate of drug-likeness (QED) is 0.122. The van der Waals surface area contributed by atoms with Crippen LogP contribution in [0.3, 0.4) is 0 Å². The van der Waals surface area contributed by atoms with Crippen LogP contribution in [0.1, 0.15) is 69.1 Å². The first-order chi connectivity index (χ1) is 27.1. The van der Waals surface area contributed by atoms with Gasteiger partial charge in [-0.2, -0.15) is 0 Å². The van der Waals surface area contributed by atoms with Gasteiger partial charge in [-0.15, -0.1) is 24.8 Å². The van der Waals surface area contributed by atoms with Crippen molar-refractivity contribution in [2.24, 2.45) is 0 Å². The minimum atomic E-state index is -3.32. The molecule has 0 amide bonds. The molecular formula is C54H46Cl2Hf. The predicted molar refractivity (Wildman–Crippen MR) is 247 cm³/mol. The maximum atomic E-state index is 2.66. The van der Waals surface area contributed by atoms with Crippen molar-refractivity contribution in [3.05, 3.63) is 179 Å². The minimum Gasteiger partial charge on any atom is -0.147 e. The van der Waals surface area contributed by atoms with E-state index in [0.29, 0.717) is 7.35 Å². The summed E-state index contributed by atoms with van der Waals surface area (Å²) in [6.07, 6.45) is 11.0. The molecule has 280 valence electrons. The van der Waals surface area contributed by atoms with Gasteiger partial charge in [0.2, 0.25) is 0 Å². The molecule has 12 rings (SSSR count). The van der Waals surface area contributed by atoms with Crippen molar-refractivity contribution in [1.82, 2.24) is 0 Å². The number of rotatable bonds is 4. The van der Waals surface area contributed by atoms with Gasteiger partial charge in [-0.1, -0.05) is 0 Å². The first kappa shape index (κ1) is 37.0. The largest absolute Gasteiger partial charge is 0.147 e. The van der Waals surface area contributed by atoms with Gasteiger partial charge in [0, 0.05) is 0 Å². The summed E-state index contributed by atoms with van der Waals surface area (Å²) in [6, 6.07) is 55.7. The second-order valence-electron chi connectivity index (χ2n) is 17.1. The Hall–Kier alpha value is -4.27. The molecule has 1 aliphatic heterocycles. The average Bonchev–Trinajstić information content (AvgIpc) is 3.52. The van der Waals surface area contributed by atoms with Crippen LogP contribution in [-0.4, -0.2) is 0 Å². The number of benzene rings is 8. The molecule has 0 radical (unpaired) electrons. The van der Waals surface area contributed by atoms with Gasteiger partial charge in [0.1, 0.15) is 0 Å². The van der Waals surface area contributed by atoms with Crippen LogP contribution in [-0.2, 0) is 20.0 Å². The van der Waals surface area contributed by atoms with Crippen LogP contribution in [0.25, 0.3) is 77.5 Å². The van der Waals surface area contributed by atoms with Crippen molar-refractivity contribution >= 4 is 80.1 Å². The standard InChI is InChI=1S/2C24H17.C6H10.2ClH.Hf/c2*1-16-13-17-9-6-12-22(23(17)14-16)24-20-10-4-2-7-18(20)15-19-8-3-5-11-21(19)24;1-2-4-6-5-3-1;;;/h2*2-15H,1H3;1-2H,3-6H2;2*1H;. The van der Waals surface area contributed by atoms with E-state index in [1.54, 1.807) is 22.3 Å². The Morgan fingerprint density at radius 3 is 1.14 bits per heavy atom. The molecule has 4 aliphatic rings. The molecule has 0 N–H and O–H groups in total.